The Labute approximate surface area is 237 Å². The Kier molecular flexibility index (Phi) is 10.3. The Hall–Kier alpha value is -3.89. The SMILES string of the molecule is BC(c1ccccc1)c1ccccc1.C=CCC(C)C[SiH2]C(c1ccccc1)(c1ccccc1)n1ccnc1. The number of imidazole rings is 1. The fourth-order valence-corrected chi connectivity index (χ4v) is 7.97. The minimum atomic E-state index is -0.540. The summed E-state index contributed by atoms with van der Waals surface area (Å²) < 4.78 is 2.32. The third-order valence-corrected chi connectivity index (χ3v) is 10.8. The molecule has 4 aromatic carbocycles. The Bertz CT molecular complexity index is 1280. The van der Waals surface area contributed by atoms with Crippen LogP contribution in [0.5, 0.6) is 0 Å². The minimum Gasteiger partial charge on any atom is -0.327 e. The van der Waals surface area contributed by atoms with E-state index in [1.807, 2.05) is 18.6 Å². The molecule has 0 saturated carbocycles. The van der Waals surface area contributed by atoms with Crippen molar-refractivity contribution >= 4 is 17.4 Å². The van der Waals surface area contributed by atoms with Crippen molar-refractivity contribution in [1.29, 1.82) is 0 Å². The van der Waals surface area contributed by atoms with Gasteiger partial charge in [0.2, 0.25) is 0 Å². The van der Waals surface area contributed by atoms with E-state index in [4.69, 9.17) is 0 Å². The summed E-state index contributed by atoms with van der Waals surface area (Å²) in [5.74, 6) is 1.15. The topological polar surface area (TPSA) is 17.8 Å². The van der Waals surface area contributed by atoms with Gasteiger partial charge in [0.05, 0.1) is 21.0 Å². The van der Waals surface area contributed by atoms with Gasteiger partial charge in [0, 0.05) is 12.4 Å². The molecule has 5 rings (SSSR count). The molecule has 0 aliphatic heterocycles. The van der Waals surface area contributed by atoms with Crippen LogP contribution in [0, 0.1) is 5.92 Å². The summed E-state index contributed by atoms with van der Waals surface area (Å²) in [7, 11) is 1.70. The molecule has 5 aromatic rings. The van der Waals surface area contributed by atoms with Crippen LogP contribution in [0.1, 0.15) is 41.4 Å². The van der Waals surface area contributed by atoms with Crippen LogP contribution in [0.3, 0.4) is 0 Å². The van der Waals surface area contributed by atoms with Gasteiger partial charge in [-0.1, -0.05) is 140 Å². The number of allylic oxidation sites excluding steroid dienone is 1. The molecule has 0 saturated heterocycles. The van der Waals surface area contributed by atoms with Gasteiger partial charge >= 0.3 is 0 Å². The van der Waals surface area contributed by atoms with Crippen LogP contribution in [0.2, 0.25) is 6.04 Å². The molecular weight excluding hydrogens is 487 g/mol. The first-order valence-corrected chi connectivity index (χ1v) is 15.7. The van der Waals surface area contributed by atoms with Gasteiger partial charge in [-0.15, -0.1) is 6.58 Å². The van der Waals surface area contributed by atoms with Gasteiger partial charge in [-0.25, -0.2) is 4.98 Å². The summed E-state index contributed by atoms with van der Waals surface area (Å²) in [4.78, 5) is 4.37. The van der Waals surface area contributed by atoms with Crippen LogP contribution in [0.15, 0.2) is 153 Å². The lowest BCUT2D eigenvalue weighted by Crippen LogP contribution is -2.42. The molecule has 0 spiro atoms. The van der Waals surface area contributed by atoms with Crippen molar-refractivity contribution in [3.8, 4) is 0 Å². The van der Waals surface area contributed by atoms with E-state index in [0.29, 0.717) is 11.7 Å². The highest BCUT2D eigenvalue weighted by Gasteiger charge is 2.36. The highest BCUT2D eigenvalue weighted by atomic mass is 28.2. The van der Waals surface area contributed by atoms with E-state index < -0.39 is 9.52 Å². The standard InChI is InChI=1S/C22H26N2Si.C13H13B/c1-3-10-19(2)17-25-22(24-16-15-23-18-24,20-11-6-4-7-12-20)21-13-8-5-9-14-21;14-13(11-7-3-1-4-8-11)12-9-5-2-6-10-12/h3-9,11-16,18-19H,1,10,17,25H2,2H3;1-10,13H,14H2. The molecule has 0 amide bonds. The fraction of sp³-hybridized carbons (Fsp3) is 0.171. The molecule has 1 atom stereocenters. The first-order valence-electron chi connectivity index (χ1n) is 14.0. The number of hydrogen-bond acceptors (Lipinski definition) is 1. The van der Waals surface area contributed by atoms with Crippen molar-refractivity contribution in [2.24, 2.45) is 5.92 Å². The van der Waals surface area contributed by atoms with Gasteiger partial charge in [0.25, 0.3) is 0 Å². The van der Waals surface area contributed by atoms with E-state index in [9.17, 15) is 0 Å². The molecule has 0 aliphatic rings. The number of hydrogen-bond donors (Lipinski definition) is 0. The lowest BCUT2D eigenvalue weighted by molar-refractivity contribution is 0.573. The lowest BCUT2D eigenvalue weighted by atomic mass is 9.76. The number of benzene rings is 4. The summed E-state index contributed by atoms with van der Waals surface area (Å²) in [6, 6.07) is 44.3. The zero-order valence-corrected chi connectivity index (χ0v) is 24.6. The van der Waals surface area contributed by atoms with Gasteiger partial charge in [0.15, 0.2) is 0 Å². The van der Waals surface area contributed by atoms with Crippen molar-refractivity contribution in [3.05, 3.63) is 175 Å². The van der Waals surface area contributed by atoms with Crippen LogP contribution in [0.25, 0.3) is 0 Å². The third kappa shape index (κ3) is 7.16. The Balaban J connectivity index is 0.000000212. The first-order chi connectivity index (χ1) is 19.1. The average Bonchev–Trinajstić information content (AvgIpc) is 3.55. The smallest absolute Gasteiger partial charge is 0.116 e. The van der Waals surface area contributed by atoms with Gasteiger partial charge in [-0.3, -0.25) is 0 Å². The molecule has 1 aromatic heterocycles. The van der Waals surface area contributed by atoms with E-state index in [0.717, 1.165) is 6.42 Å². The summed E-state index contributed by atoms with van der Waals surface area (Å²) in [6.45, 7) is 6.25. The van der Waals surface area contributed by atoms with Crippen molar-refractivity contribution < 1.29 is 0 Å². The largest absolute Gasteiger partial charge is 0.327 e. The molecule has 0 bridgehead atoms. The van der Waals surface area contributed by atoms with E-state index in [1.165, 1.54) is 28.3 Å². The Morgan fingerprint density at radius 2 is 1.26 bits per heavy atom. The first kappa shape index (κ1) is 28.1. The molecule has 0 N–H and O–H groups in total. The lowest BCUT2D eigenvalue weighted by Gasteiger charge is -2.37. The second kappa shape index (κ2) is 14.3. The molecule has 1 unspecified atom stereocenters. The average molecular weight is 527 g/mol. The molecule has 2 nitrogen and oxygen atoms in total. The predicted octanol–water partition coefficient (Wildman–Crippen LogP) is 6.84. The van der Waals surface area contributed by atoms with Gasteiger partial charge < -0.3 is 4.57 Å². The fourth-order valence-electron chi connectivity index (χ4n) is 5.33. The number of nitrogens with zero attached hydrogens (tertiary/aromatic N) is 2. The van der Waals surface area contributed by atoms with E-state index in [2.05, 4.69) is 158 Å². The molecule has 1 heterocycles. The van der Waals surface area contributed by atoms with Crippen LogP contribution >= 0.6 is 0 Å². The highest BCUT2D eigenvalue weighted by molar-refractivity contribution is 6.41. The van der Waals surface area contributed by atoms with E-state index in [-0.39, 0.29) is 5.16 Å². The Morgan fingerprint density at radius 1 is 0.795 bits per heavy atom. The van der Waals surface area contributed by atoms with Crippen LogP contribution in [-0.2, 0) is 5.16 Å². The molecule has 196 valence electrons. The second-order valence-electron chi connectivity index (χ2n) is 10.3. The molecular formula is C35H39BN2Si. The minimum absolute atomic E-state index is 0.103. The Morgan fingerprint density at radius 3 is 1.67 bits per heavy atom. The zero-order chi connectivity index (χ0) is 27.3. The van der Waals surface area contributed by atoms with Crippen molar-refractivity contribution in [1.82, 2.24) is 9.55 Å². The van der Waals surface area contributed by atoms with E-state index in [1.54, 1.807) is 0 Å². The van der Waals surface area contributed by atoms with Crippen molar-refractivity contribution in [3.63, 3.8) is 0 Å². The second-order valence-corrected chi connectivity index (χ2v) is 12.4. The van der Waals surface area contributed by atoms with Gasteiger partial charge in [-0.05, 0) is 40.4 Å². The molecule has 0 radical (unpaired) electrons. The quantitative estimate of drug-likeness (QED) is 0.144. The normalized spacial score (nSPS) is 12.2. The molecule has 39 heavy (non-hydrogen) atoms. The van der Waals surface area contributed by atoms with Crippen molar-refractivity contribution in [2.45, 2.75) is 30.4 Å². The summed E-state index contributed by atoms with van der Waals surface area (Å²) in [5.41, 5.74) is 5.46. The maximum Gasteiger partial charge on any atom is 0.116 e. The van der Waals surface area contributed by atoms with Crippen LogP contribution < -0.4 is 0 Å². The third-order valence-electron chi connectivity index (χ3n) is 7.61. The molecule has 4 heteroatoms. The predicted molar refractivity (Wildman–Crippen MR) is 172 cm³/mol. The zero-order valence-electron chi connectivity index (χ0n) is 23.2. The highest BCUT2D eigenvalue weighted by Crippen LogP contribution is 2.35. The molecule has 0 fully saturated rings. The maximum atomic E-state index is 4.37. The number of aromatic nitrogens is 2. The van der Waals surface area contributed by atoms with Gasteiger partial charge in [0.1, 0.15) is 7.85 Å². The van der Waals surface area contributed by atoms with Gasteiger partial charge in [-0.2, -0.15) is 0 Å². The summed E-state index contributed by atoms with van der Waals surface area (Å²) in [6.07, 6.45) is 9.11. The van der Waals surface area contributed by atoms with Crippen LogP contribution in [0.4, 0.5) is 0 Å². The monoisotopic (exact) mass is 526 g/mol. The van der Waals surface area contributed by atoms with E-state index >= 15 is 0 Å². The molecule has 0 aliphatic carbocycles. The number of rotatable bonds is 10. The summed E-state index contributed by atoms with van der Waals surface area (Å²) in [5, 5.41) is -0.103. The maximum absolute atomic E-state index is 4.37. The summed E-state index contributed by atoms with van der Waals surface area (Å²) >= 11 is 0. The van der Waals surface area contributed by atoms with Crippen molar-refractivity contribution in [2.75, 3.05) is 0 Å². The van der Waals surface area contributed by atoms with Crippen LogP contribution in [-0.4, -0.2) is 26.9 Å².